The van der Waals surface area contributed by atoms with Gasteiger partial charge in [0.15, 0.2) is 0 Å². The molecule has 0 spiro atoms. The van der Waals surface area contributed by atoms with Crippen molar-refractivity contribution in [1.82, 2.24) is 10.2 Å². The van der Waals surface area contributed by atoms with Crippen molar-refractivity contribution in [3.8, 4) is 0 Å². The monoisotopic (exact) mass is 507 g/mol. The van der Waals surface area contributed by atoms with Crippen LogP contribution < -0.4 is 9.62 Å². The third kappa shape index (κ3) is 5.09. The normalized spacial score (nSPS) is 14.7. The highest BCUT2D eigenvalue weighted by Crippen LogP contribution is 2.42. The van der Waals surface area contributed by atoms with Gasteiger partial charge in [-0.2, -0.15) is 0 Å². The molecule has 4 rings (SSSR count). The molecule has 0 aliphatic carbocycles. The summed E-state index contributed by atoms with van der Waals surface area (Å²) in [6.45, 7) is 6.18. The summed E-state index contributed by atoms with van der Waals surface area (Å²) >= 11 is 0. The molecular formula is C28H33N3O4S. The molecule has 1 atom stereocenters. The van der Waals surface area contributed by atoms with Crippen LogP contribution in [0.15, 0.2) is 71.6 Å². The lowest BCUT2D eigenvalue weighted by molar-refractivity contribution is -0.141. The Morgan fingerprint density at radius 2 is 1.67 bits per heavy atom. The predicted molar refractivity (Wildman–Crippen MR) is 142 cm³/mol. The van der Waals surface area contributed by atoms with Crippen LogP contribution in [-0.2, 0) is 26.2 Å². The predicted octanol–water partition coefficient (Wildman–Crippen LogP) is 4.46. The molecule has 7 nitrogen and oxygen atoms in total. The second kappa shape index (κ2) is 10.7. The van der Waals surface area contributed by atoms with Crippen LogP contribution in [0.25, 0.3) is 10.8 Å². The lowest BCUT2D eigenvalue weighted by Gasteiger charge is -2.31. The second-order valence-electron chi connectivity index (χ2n) is 9.41. The Bertz CT molecular complexity index is 1350. The van der Waals surface area contributed by atoms with Crippen molar-refractivity contribution in [2.75, 3.05) is 10.8 Å². The van der Waals surface area contributed by atoms with Gasteiger partial charge in [0.05, 0.1) is 10.6 Å². The maximum absolute atomic E-state index is 13.5. The number of carbonyl (C=O) groups excluding carboxylic acids is 2. The van der Waals surface area contributed by atoms with E-state index in [9.17, 15) is 18.0 Å². The molecule has 0 unspecified atom stereocenters. The Morgan fingerprint density at radius 1 is 0.972 bits per heavy atom. The van der Waals surface area contributed by atoms with Crippen molar-refractivity contribution in [1.29, 1.82) is 0 Å². The summed E-state index contributed by atoms with van der Waals surface area (Å²) in [5.74, 6) is -0.349. The fourth-order valence-electron chi connectivity index (χ4n) is 4.80. The summed E-state index contributed by atoms with van der Waals surface area (Å²) in [4.78, 5) is 28.3. The largest absolute Gasteiger partial charge is 0.352 e. The third-order valence-electron chi connectivity index (χ3n) is 6.45. The van der Waals surface area contributed by atoms with E-state index in [0.717, 1.165) is 16.3 Å². The molecule has 0 bridgehead atoms. The first-order valence-corrected chi connectivity index (χ1v) is 13.9. The topological polar surface area (TPSA) is 86.8 Å². The molecule has 36 heavy (non-hydrogen) atoms. The maximum Gasteiger partial charge on any atom is 0.265 e. The van der Waals surface area contributed by atoms with E-state index in [1.807, 2.05) is 75.4 Å². The van der Waals surface area contributed by atoms with Gasteiger partial charge in [-0.15, -0.1) is 0 Å². The van der Waals surface area contributed by atoms with Crippen LogP contribution in [0.4, 0.5) is 5.69 Å². The van der Waals surface area contributed by atoms with E-state index in [0.29, 0.717) is 30.0 Å². The molecule has 1 aliphatic heterocycles. The molecule has 1 heterocycles. The number of hydrogen-bond acceptors (Lipinski definition) is 4. The average Bonchev–Trinajstić information content (AvgIpc) is 3.07. The Labute approximate surface area is 213 Å². The highest BCUT2D eigenvalue weighted by Gasteiger charge is 2.35. The number of anilines is 1. The minimum atomic E-state index is -3.67. The fourth-order valence-corrected chi connectivity index (χ4v) is 6.55. The number of nitrogens with one attached hydrogen (secondary N) is 1. The molecule has 3 aromatic rings. The highest BCUT2D eigenvalue weighted by molar-refractivity contribution is 7.93. The standard InChI is InChI=1S/C28H33N3O4S/c1-4-23(28(33)29-20(2)3)30(19-21-11-6-5-7-12-21)26(32)17-10-18-31-24-15-8-13-22-14-9-16-25(27(22)24)36(31,34)35/h5-9,11-16,20,23H,4,10,17-19H2,1-3H3,(H,29,33)/t23-/m1/s1. The van der Waals surface area contributed by atoms with Crippen molar-refractivity contribution in [2.45, 2.75) is 63.6 Å². The molecule has 0 fully saturated rings. The molecule has 2 amide bonds. The molecular weight excluding hydrogens is 474 g/mol. The third-order valence-corrected chi connectivity index (χ3v) is 8.30. The van der Waals surface area contributed by atoms with E-state index < -0.39 is 16.1 Å². The van der Waals surface area contributed by atoms with Gasteiger partial charge in [0.25, 0.3) is 10.0 Å². The fraction of sp³-hybridized carbons (Fsp3) is 0.357. The number of benzene rings is 3. The zero-order chi connectivity index (χ0) is 25.9. The van der Waals surface area contributed by atoms with Crippen molar-refractivity contribution >= 4 is 38.3 Å². The van der Waals surface area contributed by atoms with Gasteiger partial charge in [-0.3, -0.25) is 13.9 Å². The molecule has 8 heteroatoms. The van der Waals surface area contributed by atoms with Crippen molar-refractivity contribution in [2.24, 2.45) is 0 Å². The Morgan fingerprint density at radius 3 is 2.33 bits per heavy atom. The summed E-state index contributed by atoms with van der Waals surface area (Å²) in [7, 11) is -3.67. The van der Waals surface area contributed by atoms with Crippen LogP contribution >= 0.6 is 0 Å². The van der Waals surface area contributed by atoms with E-state index >= 15 is 0 Å². The van der Waals surface area contributed by atoms with Crippen LogP contribution in [0.2, 0.25) is 0 Å². The van der Waals surface area contributed by atoms with Crippen molar-refractivity contribution in [3.63, 3.8) is 0 Å². The minimum Gasteiger partial charge on any atom is -0.352 e. The van der Waals surface area contributed by atoms with Gasteiger partial charge >= 0.3 is 0 Å². The Balaban J connectivity index is 1.51. The maximum atomic E-state index is 13.5. The molecule has 1 N–H and O–H groups in total. The zero-order valence-corrected chi connectivity index (χ0v) is 21.8. The smallest absolute Gasteiger partial charge is 0.265 e. The first kappa shape index (κ1) is 25.7. The number of hydrogen-bond donors (Lipinski definition) is 1. The summed E-state index contributed by atoms with van der Waals surface area (Å²) in [5, 5.41) is 4.54. The highest BCUT2D eigenvalue weighted by atomic mass is 32.2. The first-order chi connectivity index (χ1) is 17.2. The molecule has 1 aliphatic rings. The Hall–Kier alpha value is -3.39. The number of nitrogens with zero attached hydrogens (tertiary/aromatic N) is 2. The molecule has 190 valence electrons. The van der Waals surface area contributed by atoms with E-state index in [1.165, 1.54) is 4.31 Å². The molecule has 0 aromatic heterocycles. The van der Waals surface area contributed by atoms with E-state index in [4.69, 9.17) is 0 Å². The minimum absolute atomic E-state index is 0.0371. The van der Waals surface area contributed by atoms with Gasteiger partial charge in [-0.25, -0.2) is 8.42 Å². The van der Waals surface area contributed by atoms with Gasteiger partial charge in [0, 0.05) is 30.9 Å². The van der Waals surface area contributed by atoms with E-state index in [2.05, 4.69) is 5.32 Å². The van der Waals surface area contributed by atoms with Crippen molar-refractivity contribution < 1.29 is 18.0 Å². The average molecular weight is 508 g/mol. The summed E-state index contributed by atoms with van der Waals surface area (Å²) in [5.41, 5.74) is 1.59. The molecule has 3 aromatic carbocycles. The number of sulfonamides is 1. The van der Waals surface area contributed by atoms with Crippen LogP contribution in [0.3, 0.4) is 0 Å². The SMILES string of the molecule is CC[C@H](C(=O)NC(C)C)N(Cc1ccccc1)C(=O)CCCN1c2cccc3cccc(c23)S1(=O)=O. The number of rotatable bonds is 10. The lowest BCUT2D eigenvalue weighted by Crippen LogP contribution is -2.50. The summed E-state index contributed by atoms with van der Waals surface area (Å²) < 4.78 is 27.9. The molecule has 0 saturated carbocycles. The Kier molecular flexibility index (Phi) is 7.64. The van der Waals surface area contributed by atoms with Crippen molar-refractivity contribution in [3.05, 3.63) is 72.3 Å². The van der Waals surface area contributed by atoms with Crippen LogP contribution in [0.5, 0.6) is 0 Å². The number of amides is 2. The lowest BCUT2D eigenvalue weighted by atomic mass is 10.1. The first-order valence-electron chi connectivity index (χ1n) is 12.4. The summed E-state index contributed by atoms with van der Waals surface area (Å²) in [6, 6.07) is 19.8. The van der Waals surface area contributed by atoms with Gasteiger partial charge in [0.1, 0.15) is 6.04 Å². The quantitative estimate of drug-likeness (QED) is 0.439. The molecule has 0 radical (unpaired) electrons. The van der Waals surface area contributed by atoms with Gasteiger partial charge in [-0.1, -0.05) is 61.5 Å². The summed E-state index contributed by atoms with van der Waals surface area (Å²) in [6.07, 6.45) is 0.960. The zero-order valence-electron chi connectivity index (χ0n) is 21.0. The van der Waals surface area contributed by atoms with Crippen LogP contribution in [-0.4, -0.2) is 43.8 Å². The van der Waals surface area contributed by atoms with Gasteiger partial charge in [-0.05, 0) is 49.8 Å². The van der Waals surface area contributed by atoms with E-state index in [1.54, 1.807) is 17.0 Å². The van der Waals surface area contributed by atoms with Crippen LogP contribution in [0, 0.1) is 0 Å². The molecule has 0 saturated heterocycles. The van der Waals surface area contributed by atoms with Gasteiger partial charge < -0.3 is 10.2 Å². The van der Waals surface area contributed by atoms with Gasteiger partial charge in [0.2, 0.25) is 11.8 Å². The van der Waals surface area contributed by atoms with Crippen LogP contribution in [0.1, 0.15) is 45.6 Å². The second-order valence-corrected chi connectivity index (χ2v) is 11.2. The van der Waals surface area contributed by atoms with E-state index in [-0.39, 0.29) is 30.8 Å². The number of carbonyl (C=O) groups is 2.